The Bertz CT molecular complexity index is 1090. The Labute approximate surface area is 161 Å². The third-order valence-electron chi connectivity index (χ3n) is 5.27. The highest BCUT2D eigenvalue weighted by Crippen LogP contribution is 2.33. The monoisotopic (exact) mass is 384 g/mol. The van der Waals surface area contributed by atoms with E-state index in [1.807, 2.05) is 9.47 Å². The molecule has 0 radical (unpaired) electrons. The van der Waals surface area contributed by atoms with Crippen molar-refractivity contribution in [1.29, 1.82) is 0 Å². The summed E-state index contributed by atoms with van der Waals surface area (Å²) in [4.78, 5) is 28.9. The lowest BCUT2D eigenvalue weighted by Gasteiger charge is -2.30. The lowest BCUT2D eigenvalue weighted by atomic mass is 10.0. The second-order valence-corrected chi connectivity index (χ2v) is 8.68. The molecule has 3 aromatic heterocycles. The first-order chi connectivity index (χ1) is 13.0. The van der Waals surface area contributed by atoms with E-state index < -0.39 is 0 Å². The van der Waals surface area contributed by atoms with Crippen LogP contribution in [-0.4, -0.2) is 38.2 Å². The SMILES string of the molecule is C=CCn1c2cc(C)sc2c2cnn(CC(=O)N3CCCC(C)C3)c(=O)c21. The molecule has 1 aliphatic rings. The summed E-state index contributed by atoms with van der Waals surface area (Å²) in [5.74, 6) is 0.477. The van der Waals surface area contributed by atoms with Gasteiger partial charge in [-0.3, -0.25) is 9.59 Å². The number of likely N-dealkylation sites (tertiary alicyclic amines) is 1. The highest BCUT2D eigenvalue weighted by atomic mass is 32.1. The van der Waals surface area contributed by atoms with Gasteiger partial charge in [0.05, 0.1) is 16.4 Å². The number of piperidine rings is 1. The number of hydrogen-bond donors (Lipinski definition) is 0. The first-order valence-electron chi connectivity index (χ1n) is 9.36. The summed E-state index contributed by atoms with van der Waals surface area (Å²) in [6, 6.07) is 2.09. The van der Waals surface area contributed by atoms with Crippen molar-refractivity contribution in [3.8, 4) is 0 Å². The molecule has 1 amide bonds. The first-order valence-corrected chi connectivity index (χ1v) is 10.2. The molecule has 4 rings (SSSR count). The van der Waals surface area contributed by atoms with Gasteiger partial charge in [-0.05, 0) is 31.7 Å². The van der Waals surface area contributed by atoms with Crippen LogP contribution in [0.15, 0.2) is 29.7 Å². The predicted octanol–water partition coefficient (Wildman–Crippen LogP) is 3.17. The van der Waals surface area contributed by atoms with Crippen molar-refractivity contribution in [2.24, 2.45) is 5.92 Å². The molecule has 0 aromatic carbocycles. The molecule has 1 aliphatic heterocycles. The number of nitrogens with zero attached hydrogens (tertiary/aromatic N) is 4. The Morgan fingerprint density at radius 1 is 1.48 bits per heavy atom. The van der Waals surface area contributed by atoms with Crippen molar-refractivity contribution in [3.63, 3.8) is 0 Å². The molecule has 27 heavy (non-hydrogen) atoms. The average Bonchev–Trinajstić information content (AvgIpc) is 3.14. The van der Waals surface area contributed by atoms with Gasteiger partial charge in [0.1, 0.15) is 12.1 Å². The van der Waals surface area contributed by atoms with Gasteiger partial charge in [-0.1, -0.05) is 13.0 Å². The van der Waals surface area contributed by atoms with Gasteiger partial charge >= 0.3 is 0 Å². The summed E-state index contributed by atoms with van der Waals surface area (Å²) in [6.07, 6.45) is 5.68. The smallest absolute Gasteiger partial charge is 0.291 e. The topological polar surface area (TPSA) is 60.1 Å². The Kier molecular flexibility index (Phi) is 4.63. The van der Waals surface area contributed by atoms with Crippen LogP contribution in [0.5, 0.6) is 0 Å². The lowest BCUT2D eigenvalue weighted by molar-refractivity contribution is -0.133. The minimum atomic E-state index is -0.214. The minimum absolute atomic E-state index is 0.00651. The third-order valence-corrected chi connectivity index (χ3v) is 6.34. The van der Waals surface area contributed by atoms with E-state index in [0.29, 0.717) is 18.0 Å². The molecule has 7 heteroatoms. The average molecular weight is 385 g/mol. The quantitative estimate of drug-likeness (QED) is 0.649. The second-order valence-electron chi connectivity index (χ2n) is 7.43. The maximum Gasteiger partial charge on any atom is 0.291 e. The van der Waals surface area contributed by atoms with Crippen molar-refractivity contribution < 1.29 is 4.79 Å². The van der Waals surface area contributed by atoms with Crippen LogP contribution in [0, 0.1) is 12.8 Å². The number of carbonyl (C=O) groups is 1. The fourth-order valence-corrected chi connectivity index (χ4v) is 5.02. The van der Waals surface area contributed by atoms with Gasteiger partial charge < -0.3 is 9.47 Å². The van der Waals surface area contributed by atoms with Crippen LogP contribution in [0.3, 0.4) is 0 Å². The van der Waals surface area contributed by atoms with E-state index in [2.05, 4.69) is 31.6 Å². The van der Waals surface area contributed by atoms with Crippen molar-refractivity contribution in [3.05, 3.63) is 40.1 Å². The normalized spacial score (nSPS) is 17.7. The summed E-state index contributed by atoms with van der Waals surface area (Å²) >= 11 is 1.66. The number of hydrogen-bond acceptors (Lipinski definition) is 4. The van der Waals surface area contributed by atoms with Crippen LogP contribution in [-0.2, 0) is 17.9 Å². The molecule has 0 aliphatic carbocycles. The van der Waals surface area contributed by atoms with E-state index >= 15 is 0 Å². The molecule has 0 N–H and O–H groups in total. The van der Waals surface area contributed by atoms with Crippen LogP contribution in [0.4, 0.5) is 0 Å². The number of aryl methyl sites for hydroxylation is 1. The van der Waals surface area contributed by atoms with Gasteiger partial charge in [-0.25, -0.2) is 4.68 Å². The highest BCUT2D eigenvalue weighted by molar-refractivity contribution is 7.20. The molecular formula is C20H24N4O2S. The van der Waals surface area contributed by atoms with Crippen LogP contribution < -0.4 is 5.56 Å². The fourth-order valence-electron chi connectivity index (χ4n) is 4.00. The van der Waals surface area contributed by atoms with Gasteiger partial charge in [-0.2, -0.15) is 5.10 Å². The maximum atomic E-state index is 13.1. The van der Waals surface area contributed by atoms with Crippen molar-refractivity contribution in [2.75, 3.05) is 13.1 Å². The molecule has 3 aromatic rings. The molecule has 142 valence electrons. The maximum absolute atomic E-state index is 13.1. The summed E-state index contributed by atoms with van der Waals surface area (Å²) in [7, 11) is 0. The Morgan fingerprint density at radius 2 is 2.30 bits per heavy atom. The number of thiophene rings is 1. The summed E-state index contributed by atoms with van der Waals surface area (Å²) in [5.41, 5.74) is 1.42. The zero-order chi connectivity index (χ0) is 19.1. The molecule has 1 saturated heterocycles. The van der Waals surface area contributed by atoms with Gasteiger partial charge in [0.15, 0.2) is 0 Å². The van der Waals surface area contributed by atoms with Crippen molar-refractivity contribution in [1.82, 2.24) is 19.2 Å². The molecule has 1 atom stereocenters. The highest BCUT2D eigenvalue weighted by Gasteiger charge is 2.23. The molecule has 0 saturated carbocycles. The van der Waals surface area contributed by atoms with Gasteiger partial charge in [-0.15, -0.1) is 17.9 Å². The van der Waals surface area contributed by atoms with Crippen LogP contribution >= 0.6 is 11.3 Å². The molecule has 0 bridgehead atoms. The van der Waals surface area contributed by atoms with Crippen molar-refractivity contribution >= 4 is 38.4 Å². The summed E-state index contributed by atoms with van der Waals surface area (Å²) in [5, 5.41) is 5.17. The Hall–Kier alpha value is -2.41. The number of rotatable bonds is 4. The molecule has 6 nitrogen and oxygen atoms in total. The Morgan fingerprint density at radius 3 is 3.04 bits per heavy atom. The van der Waals surface area contributed by atoms with Gasteiger partial charge in [0.25, 0.3) is 5.56 Å². The molecule has 1 fully saturated rings. The number of fused-ring (bicyclic) bond motifs is 3. The fraction of sp³-hybridized carbons (Fsp3) is 0.450. The first kappa shape index (κ1) is 18.0. The third kappa shape index (κ3) is 3.10. The minimum Gasteiger partial charge on any atom is -0.341 e. The number of amides is 1. The number of carbonyl (C=O) groups excluding carboxylic acids is 1. The molecule has 1 unspecified atom stereocenters. The molecule has 0 spiro atoms. The van der Waals surface area contributed by atoms with E-state index in [1.54, 1.807) is 23.6 Å². The van der Waals surface area contributed by atoms with E-state index in [0.717, 1.165) is 41.5 Å². The van der Waals surface area contributed by atoms with E-state index in [4.69, 9.17) is 0 Å². The zero-order valence-corrected chi connectivity index (χ0v) is 16.6. The predicted molar refractivity (Wildman–Crippen MR) is 109 cm³/mol. The Balaban J connectivity index is 1.75. The molecule has 4 heterocycles. The number of aromatic nitrogens is 3. The number of allylic oxidation sites excluding steroid dienone is 1. The van der Waals surface area contributed by atoms with Crippen LogP contribution in [0.1, 0.15) is 24.6 Å². The van der Waals surface area contributed by atoms with Crippen LogP contribution in [0.25, 0.3) is 21.1 Å². The summed E-state index contributed by atoms with van der Waals surface area (Å²) < 4.78 is 4.35. The van der Waals surface area contributed by atoms with E-state index in [1.165, 1.54) is 9.56 Å². The zero-order valence-electron chi connectivity index (χ0n) is 15.8. The van der Waals surface area contributed by atoms with Crippen LogP contribution in [0.2, 0.25) is 0 Å². The largest absolute Gasteiger partial charge is 0.341 e. The van der Waals surface area contributed by atoms with E-state index in [-0.39, 0.29) is 18.0 Å². The van der Waals surface area contributed by atoms with Gasteiger partial charge in [0.2, 0.25) is 5.91 Å². The summed E-state index contributed by atoms with van der Waals surface area (Å²) in [6.45, 7) is 10.1. The van der Waals surface area contributed by atoms with Gasteiger partial charge in [0, 0.05) is 29.9 Å². The lowest BCUT2D eigenvalue weighted by Crippen LogP contribution is -2.42. The van der Waals surface area contributed by atoms with E-state index in [9.17, 15) is 9.59 Å². The van der Waals surface area contributed by atoms with Crippen molar-refractivity contribution in [2.45, 2.75) is 39.8 Å². The second kappa shape index (κ2) is 6.96. The molecular weight excluding hydrogens is 360 g/mol. The standard InChI is InChI=1S/C20H24N4O2S/c1-4-7-23-16-9-14(3)27-19(16)15-10-21-24(20(26)18(15)23)12-17(25)22-8-5-6-13(2)11-22/h4,9-10,13H,1,5-8,11-12H2,2-3H3.